The van der Waals surface area contributed by atoms with Crippen molar-refractivity contribution < 1.29 is 47.9 Å². The molecule has 21 N–H and O–H groups in total. The highest BCUT2D eigenvalue weighted by atomic mass is 32.1. The second-order valence-electron chi connectivity index (χ2n) is 22.8. The van der Waals surface area contributed by atoms with E-state index in [-0.39, 0.29) is 112 Å². The van der Waals surface area contributed by atoms with Gasteiger partial charge >= 0.3 is 0 Å². The third-order valence-corrected chi connectivity index (χ3v) is 14.0. The molecule has 0 aromatic carbocycles. The summed E-state index contributed by atoms with van der Waals surface area (Å²) in [4.78, 5) is 142. The van der Waals surface area contributed by atoms with Gasteiger partial charge in [0.05, 0.1) is 6.04 Å². The van der Waals surface area contributed by atoms with Crippen molar-refractivity contribution in [3.05, 3.63) is 0 Å². The van der Waals surface area contributed by atoms with E-state index < -0.39 is 125 Å². The molecule has 0 radical (unpaired) electrons. The summed E-state index contributed by atoms with van der Waals surface area (Å²) in [6, 6.07) is -11.7. The van der Waals surface area contributed by atoms with E-state index in [0.29, 0.717) is 32.1 Å². The Bertz CT molecular complexity index is 2050. The van der Waals surface area contributed by atoms with Crippen LogP contribution in [0.4, 0.5) is 0 Å². The molecular weight excluding hydrogens is 1100 g/mol. The first-order chi connectivity index (χ1) is 38.5. The molecule has 0 fully saturated rings. The molecule has 0 heterocycles. The predicted molar refractivity (Wildman–Crippen MR) is 325 cm³/mol. The number of carbonyl (C=O) groups is 10. The first-order valence-corrected chi connectivity index (χ1v) is 30.2. The largest absolute Gasteiger partial charge is 0.370 e. The summed E-state index contributed by atoms with van der Waals surface area (Å²) in [5, 5.41) is 24.5. The van der Waals surface area contributed by atoms with Gasteiger partial charge in [-0.2, -0.15) is 25.3 Å². The van der Waals surface area contributed by atoms with Crippen molar-refractivity contribution in [2.75, 3.05) is 31.1 Å². The first-order valence-electron chi connectivity index (χ1n) is 28.9. The lowest BCUT2D eigenvalue weighted by Gasteiger charge is -2.30. The molecule has 11 atom stereocenters. The Balaban J connectivity index is 6.98. The van der Waals surface area contributed by atoms with Crippen LogP contribution in [0.25, 0.3) is 0 Å². The van der Waals surface area contributed by atoms with Crippen LogP contribution in [-0.2, 0) is 47.9 Å². The number of thiol groups is 2. The molecule has 0 aromatic rings. The number of nitrogens with one attached hydrogen (secondary N) is 9. The molecule has 0 aliphatic rings. The van der Waals surface area contributed by atoms with Gasteiger partial charge in [0.1, 0.15) is 54.4 Å². The van der Waals surface area contributed by atoms with Crippen molar-refractivity contribution in [2.24, 2.45) is 69.0 Å². The fourth-order valence-corrected chi connectivity index (χ4v) is 8.95. The Labute approximate surface area is 497 Å². The minimum Gasteiger partial charge on any atom is -0.370 e. The molecule has 26 nitrogen and oxygen atoms in total. The number of primary amides is 1. The molecule has 0 spiro atoms. The topological polar surface area (TPSA) is 447 Å². The van der Waals surface area contributed by atoms with Crippen molar-refractivity contribution in [1.29, 1.82) is 0 Å². The minimum atomic E-state index is -1.33. The number of hydrogen-bond acceptors (Lipinski definition) is 16. The van der Waals surface area contributed by atoms with E-state index in [2.05, 4.69) is 78.1 Å². The molecular formula is C54H104N16O10S2. The third kappa shape index (κ3) is 31.3. The molecule has 0 bridgehead atoms. The molecule has 0 aromatic heterocycles. The van der Waals surface area contributed by atoms with Crippen LogP contribution in [0.1, 0.15) is 153 Å². The minimum absolute atomic E-state index is 0.0198. The zero-order chi connectivity index (χ0) is 62.8. The lowest BCUT2D eigenvalue weighted by Crippen LogP contribution is -2.61. The Morgan fingerprint density at radius 3 is 1.07 bits per heavy atom. The van der Waals surface area contributed by atoms with Gasteiger partial charge in [-0.3, -0.25) is 52.9 Å². The van der Waals surface area contributed by atoms with Crippen molar-refractivity contribution in [3.63, 3.8) is 0 Å². The standard InChI is InChI=1S/C54H104N16O10S2/c1-11-33(10)43(53(80)64-36(18-13-15-21-56)47(74)69-42(28-82)52(79)68-41(26-32(8)9)50(77)65-38(44(58)71)23-29(2)3)70-48(75)37(19-16-22-61-54(59)60)62-46(73)35(17-12-14-20-55)63-49(76)40(25-31(6)7)67-51(78)39(24-30(4)5)66-45(72)34(57)27-81/h29-43,81-82H,11-28,55-57H2,1-10H3,(H2,58,71)(H,62,73)(H,63,76)(H,64,80)(H,65,77)(H,66,72)(H,67,78)(H,68,79)(H,69,74)(H,70,75)(H4,59,60,61)/t33-,34-,35-,36-,37-,38-,39-,40-,41-,42-,43-/m0/s1. The monoisotopic (exact) mass is 1200 g/mol. The number of rotatable bonds is 43. The maximum Gasteiger partial charge on any atom is 0.244 e. The average Bonchev–Trinajstić information content (AvgIpc) is 3.43. The second-order valence-corrected chi connectivity index (χ2v) is 23.5. The number of amides is 10. The zero-order valence-electron chi connectivity index (χ0n) is 50.3. The Hall–Kier alpha value is -5.45. The van der Waals surface area contributed by atoms with Gasteiger partial charge in [0, 0.05) is 18.1 Å². The third-order valence-electron chi connectivity index (χ3n) is 13.3. The highest BCUT2D eigenvalue weighted by Crippen LogP contribution is 2.15. The highest BCUT2D eigenvalue weighted by Gasteiger charge is 2.37. The number of carbonyl (C=O) groups excluding carboxylic acids is 10. The van der Waals surface area contributed by atoms with E-state index >= 15 is 0 Å². The second kappa shape index (κ2) is 41.5. The number of nitrogens with zero attached hydrogens (tertiary/aromatic N) is 1. The number of aliphatic imine (C=N–C) groups is 1. The van der Waals surface area contributed by atoms with Crippen LogP contribution >= 0.6 is 25.3 Å². The molecule has 28 heteroatoms. The van der Waals surface area contributed by atoms with Crippen molar-refractivity contribution in [2.45, 2.75) is 213 Å². The average molecular weight is 1200 g/mol. The number of hydrogen-bond donors (Lipinski definition) is 17. The Morgan fingerprint density at radius 2 is 0.720 bits per heavy atom. The molecule has 0 saturated carbocycles. The number of guanidine groups is 1. The van der Waals surface area contributed by atoms with E-state index in [9.17, 15) is 47.9 Å². The predicted octanol–water partition coefficient (Wildman–Crippen LogP) is -1.44. The normalized spacial score (nSPS) is 15.5. The molecule has 0 unspecified atom stereocenters. The van der Waals surface area contributed by atoms with Gasteiger partial charge in [-0.1, -0.05) is 75.7 Å². The summed E-state index contributed by atoms with van der Waals surface area (Å²) in [5.74, 6) is -8.23. The van der Waals surface area contributed by atoms with E-state index in [1.807, 2.05) is 55.4 Å². The van der Waals surface area contributed by atoms with Crippen LogP contribution in [0, 0.1) is 29.6 Å². The molecule has 0 saturated heterocycles. The molecule has 82 heavy (non-hydrogen) atoms. The van der Waals surface area contributed by atoms with Crippen molar-refractivity contribution >= 4 is 90.3 Å². The lowest BCUT2D eigenvalue weighted by molar-refractivity contribution is -0.136. The maximum atomic E-state index is 14.5. The lowest BCUT2D eigenvalue weighted by atomic mass is 9.96. The van der Waals surface area contributed by atoms with E-state index in [1.165, 1.54) is 0 Å². The van der Waals surface area contributed by atoms with Crippen LogP contribution in [-0.4, -0.2) is 157 Å². The van der Waals surface area contributed by atoms with Crippen LogP contribution in [0.3, 0.4) is 0 Å². The smallest absolute Gasteiger partial charge is 0.244 e. The van der Waals surface area contributed by atoms with E-state index in [4.69, 9.17) is 34.4 Å². The summed E-state index contributed by atoms with van der Waals surface area (Å²) in [7, 11) is 0. The van der Waals surface area contributed by atoms with E-state index in [1.54, 1.807) is 13.8 Å². The summed E-state index contributed by atoms with van der Waals surface area (Å²) < 4.78 is 0. The number of nitrogens with two attached hydrogens (primary N) is 6. The van der Waals surface area contributed by atoms with Crippen LogP contribution in [0.2, 0.25) is 0 Å². The molecule has 0 aliphatic heterocycles. The van der Waals surface area contributed by atoms with E-state index in [0.717, 1.165) is 0 Å². The van der Waals surface area contributed by atoms with Crippen LogP contribution < -0.4 is 82.3 Å². The molecule has 0 rings (SSSR count). The fraction of sp³-hybridized carbons (Fsp3) is 0.796. The van der Waals surface area contributed by atoms with Gasteiger partial charge < -0.3 is 82.3 Å². The fourth-order valence-electron chi connectivity index (χ4n) is 8.53. The van der Waals surface area contributed by atoms with Gasteiger partial charge in [-0.25, -0.2) is 0 Å². The van der Waals surface area contributed by atoms with Crippen molar-refractivity contribution in [1.82, 2.24) is 47.9 Å². The molecule has 0 aliphatic carbocycles. The molecule has 472 valence electrons. The quantitative estimate of drug-likeness (QED) is 0.0144. The Kier molecular flexibility index (Phi) is 38.8. The van der Waals surface area contributed by atoms with Gasteiger partial charge in [0.25, 0.3) is 0 Å². The van der Waals surface area contributed by atoms with Gasteiger partial charge in [0.15, 0.2) is 5.96 Å². The zero-order valence-corrected chi connectivity index (χ0v) is 52.1. The summed E-state index contributed by atoms with van der Waals surface area (Å²) in [5.41, 5.74) is 34.2. The van der Waals surface area contributed by atoms with Gasteiger partial charge in [0.2, 0.25) is 59.1 Å². The summed E-state index contributed by atoms with van der Waals surface area (Å²) in [6.07, 6.45) is 3.21. The Morgan fingerprint density at radius 1 is 0.402 bits per heavy atom. The summed E-state index contributed by atoms with van der Waals surface area (Å²) in [6.45, 7) is 19.0. The number of unbranched alkanes of at least 4 members (excludes halogenated alkanes) is 2. The highest BCUT2D eigenvalue weighted by molar-refractivity contribution is 7.80. The maximum absolute atomic E-state index is 14.5. The molecule has 10 amide bonds. The van der Waals surface area contributed by atoms with Crippen LogP contribution in [0.15, 0.2) is 4.99 Å². The SMILES string of the molecule is CC[C@H](C)[C@H](NC(=O)[C@H](CCCN=C(N)N)NC(=O)[C@H](CCCCN)NC(=O)[C@H](CC(C)C)NC(=O)[C@H](CC(C)C)NC(=O)[C@@H](N)CS)C(=O)N[C@@H](CCCCN)C(=O)N[C@@H](CS)C(=O)N[C@@H](CC(C)C)C(=O)N[C@@H](CC(C)C)C(N)=O. The summed E-state index contributed by atoms with van der Waals surface area (Å²) >= 11 is 8.42. The first kappa shape index (κ1) is 76.5. The van der Waals surface area contributed by atoms with Gasteiger partial charge in [-0.05, 0) is 120 Å². The van der Waals surface area contributed by atoms with Crippen molar-refractivity contribution in [3.8, 4) is 0 Å². The van der Waals surface area contributed by atoms with Crippen LogP contribution in [0.5, 0.6) is 0 Å². The van der Waals surface area contributed by atoms with Gasteiger partial charge in [-0.15, -0.1) is 0 Å².